The number of carbonyl (C=O) groups excluding carboxylic acids is 6. The maximum Gasteiger partial charge on any atom is 0.312 e. The first-order chi connectivity index (χ1) is 23.8. The minimum Gasteiger partial charge on any atom is -0.507 e. The van der Waals surface area contributed by atoms with Crippen molar-refractivity contribution in [3.05, 3.63) is 58.0 Å². The highest BCUT2D eigenvalue weighted by molar-refractivity contribution is 6.31. The average molecular weight is 710 g/mol. The second-order valence-corrected chi connectivity index (χ2v) is 14.0. The van der Waals surface area contributed by atoms with Crippen molar-refractivity contribution in [1.29, 1.82) is 0 Å². The number of aliphatic hydroxyl groups excluding tert-OH is 2. The molecular weight excluding hydrogens is 666 g/mol. The lowest BCUT2D eigenvalue weighted by molar-refractivity contribution is -0.160. The summed E-state index contributed by atoms with van der Waals surface area (Å²) in [6, 6.07) is 0. The number of Topliss-reactive ketones (excluding diaryl/α,β-unsaturated/α-hetero) is 2. The molecule has 51 heavy (non-hydrogen) atoms. The summed E-state index contributed by atoms with van der Waals surface area (Å²) in [6.45, 7) is 10.3. The lowest BCUT2D eigenvalue weighted by Gasteiger charge is -2.37. The highest BCUT2D eigenvalue weighted by Gasteiger charge is 2.52. The number of esters is 1. The Labute approximate surface area is 294 Å². The molecule has 3 aliphatic heterocycles. The maximum atomic E-state index is 13.9. The number of rotatable bonds is 2. The molecule has 1 aromatic carbocycles. The smallest absolute Gasteiger partial charge is 0.312 e. The third-order valence-corrected chi connectivity index (χ3v) is 10.5. The van der Waals surface area contributed by atoms with E-state index in [9.17, 15) is 44.1 Å². The molecule has 3 heterocycles. The number of nitrogens with one attached hydrogen (secondary N) is 1. The number of fused-ring (bicyclic) bond motifs is 12. The summed E-state index contributed by atoms with van der Waals surface area (Å²) in [4.78, 5) is 79.5. The second kappa shape index (κ2) is 13.8. The summed E-state index contributed by atoms with van der Waals surface area (Å²) in [5.74, 6) is -10.7. The molecule has 1 aromatic rings. The summed E-state index contributed by atoms with van der Waals surface area (Å²) >= 11 is 0. The number of hydrogen-bond donors (Lipinski definition) is 4. The Morgan fingerprint density at radius 3 is 2.25 bits per heavy atom. The van der Waals surface area contributed by atoms with Gasteiger partial charge in [0.25, 0.3) is 11.7 Å². The fourth-order valence-electron chi connectivity index (χ4n) is 7.27. The van der Waals surface area contributed by atoms with Crippen LogP contribution in [-0.4, -0.2) is 87.6 Å². The van der Waals surface area contributed by atoms with Crippen LogP contribution in [0, 0.1) is 36.5 Å². The van der Waals surface area contributed by atoms with Crippen molar-refractivity contribution < 1.29 is 63.0 Å². The van der Waals surface area contributed by atoms with Crippen molar-refractivity contribution in [3.63, 3.8) is 0 Å². The Balaban J connectivity index is 1.58. The van der Waals surface area contributed by atoms with E-state index in [-0.39, 0.29) is 22.4 Å². The van der Waals surface area contributed by atoms with Crippen LogP contribution < -0.4 is 10.1 Å². The minimum atomic E-state index is -2.05. The molecule has 1 saturated carbocycles. The summed E-state index contributed by atoms with van der Waals surface area (Å²) in [6.07, 6.45) is 0.761. The maximum absolute atomic E-state index is 13.9. The van der Waals surface area contributed by atoms with Crippen LogP contribution >= 0.6 is 0 Å². The standard InChI is InChI=1S/C37H43NO13/c1-14-11-23(40)20-12-21(20)30(43)16(3)29(42)17(4)33(50-19(6)39)15(2)25(48-8)9-10-49-37(7)35(46)28-26-24(41)13-22(38-36(14)47)32(45)27(26)31(44)18(5)34(28)51-37/h9-11,13,15-17,20-21,25,29-30,33,42-44H,12H2,1-8H3,(H,38,47). The minimum absolute atomic E-state index is 0.0233. The van der Waals surface area contributed by atoms with Gasteiger partial charge in [0, 0.05) is 61.8 Å². The van der Waals surface area contributed by atoms with Crippen molar-refractivity contribution >= 4 is 35.0 Å². The van der Waals surface area contributed by atoms with E-state index in [1.54, 1.807) is 20.8 Å². The fraction of sp³-hybridized carbons (Fsp3) is 0.514. The summed E-state index contributed by atoms with van der Waals surface area (Å²) < 4.78 is 23.0. The SMILES string of the molecule is COC1C=COC2(C)Oc3c(C)c(O)c4c(c3C2=O)C(=O)C=C(NC(=O)C(C)=CC(=O)C2CC2C(O)C(C)C(O)C(C)C(OC(C)=O)C1C)C4=O. The summed E-state index contributed by atoms with van der Waals surface area (Å²) in [5, 5.41) is 36.1. The zero-order chi connectivity index (χ0) is 37.9. The van der Waals surface area contributed by atoms with Gasteiger partial charge < -0.3 is 39.6 Å². The lowest BCUT2D eigenvalue weighted by atomic mass is 9.79. The van der Waals surface area contributed by atoms with E-state index in [2.05, 4.69) is 5.32 Å². The summed E-state index contributed by atoms with van der Waals surface area (Å²) in [7, 11) is 1.40. The van der Waals surface area contributed by atoms with Gasteiger partial charge in [0.05, 0.1) is 47.0 Å². The van der Waals surface area contributed by atoms with E-state index in [4.69, 9.17) is 18.9 Å². The highest BCUT2D eigenvalue weighted by atomic mass is 16.7. The number of amides is 1. The van der Waals surface area contributed by atoms with Gasteiger partial charge in [-0.25, -0.2) is 0 Å². The van der Waals surface area contributed by atoms with E-state index in [0.717, 1.165) is 18.4 Å². The number of carbonyl (C=O) groups is 6. The number of benzene rings is 1. The zero-order valence-electron chi connectivity index (χ0n) is 29.6. The predicted octanol–water partition coefficient (Wildman–Crippen LogP) is 2.64. The molecule has 4 N–H and O–H groups in total. The number of hydrogen-bond acceptors (Lipinski definition) is 13. The van der Waals surface area contributed by atoms with E-state index in [0.29, 0.717) is 6.42 Å². The van der Waals surface area contributed by atoms with Crippen molar-refractivity contribution in [2.45, 2.75) is 85.1 Å². The van der Waals surface area contributed by atoms with E-state index in [1.807, 2.05) is 0 Å². The Hall–Kier alpha value is -4.66. The molecule has 5 aliphatic rings. The van der Waals surface area contributed by atoms with Crippen LogP contribution in [0.3, 0.4) is 0 Å². The summed E-state index contributed by atoms with van der Waals surface area (Å²) in [5.41, 5.74) is -1.78. The molecule has 10 unspecified atom stereocenters. The van der Waals surface area contributed by atoms with Gasteiger partial charge in [-0.2, -0.15) is 0 Å². The average Bonchev–Trinajstić information content (AvgIpc) is 3.84. The largest absolute Gasteiger partial charge is 0.507 e. The Bertz CT molecular complexity index is 1810. The van der Waals surface area contributed by atoms with Gasteiger partial charge in [-0.1, -0.05) is 20.8 Å². The molecule has 10 atom stereocenters. The number of phenols is 1. The van der Waals surface area contributed by atoms with Crippen LogP contribution in [0.25, 0.3) is 0 Å². The van der Waals surface area contributed by atoms with Crippen molar-refractivity contribution in [3.8, 4) is 11.5 Å². The molecule has 14 heteroatoms. The third-order valence-electron chi connectivity index (χ3n) is 10.5. The molecule has 6 rings (SSSR count). The number of methoxy groups -OCH3 is 1. The van der Waals surface area contributed by atoms with Gasteiger partial charge in [-0.05, 0) is 38.3 Å². The van der Waals surface area contributed by atoms with Gasteiger partial charge in [0.2, 0.25) is 5.78 Å². The quantitative estimate of drug-likeness (QED) is 0.326. The second-order valence-electron chi connectivity index (χ2n) is 14.0. The van der Waals surface area contributed by atoms with Gasteiger partial charge in [-0.3, -0.25) is 28.8 Å². The molecule has 5 bridgehead atoms. The lowest BCUT2D eigenvalue weighted by Crippen LogP contribution is -2.46. The van der Waals surface area contributed by atoms with Crippen LogP contribution in [0.4, 0.5) is 0 Å². The molecule has 274 valence electrons. The monoisotopic (exact) mass is 709 g/mol. The number of allylic oxidation sites excluding steroid dienone is 3. The Morgan fingerprint density at radius 2 is 1.63 bits per heavy atom. The van der Waals surface area contributed by atoms with Crippen LogP contribution in [0.2, 0.25) is 0 Å². The molecule has 14 nitrogen and oxygen atoms in total. The molecule has 0 spiro atoms. The predicted molar refractivity (Wildman–Crippen MR) is 178 cm³/mol. The molecule has 1 amide bonds. The number of ether oxygens (including phenoxy) is 4. The number of phenolic OH excluding ortho intramolecular Hbond substituents is 1. The van der Waals surface area contributed by atoms with E-state index >= 15 is 0 Å². The molecule has 1 fully saturated rings. The van der Waals surface area contributed by atoms with Gasteiger partial charge in [-0.15, -0.1) is 0 Å². The van der Waals surface area contributed by atoms with Gasteiger partial charge >= 0.3 is 11.8 Å². The molecule has 2 aliphatic carbocycles. The highest BCUT2D eigenvalue weighted by Crippen LogP contribution is 2.48. The molecule has 0 radical (unpaired) electrons. The molecular formula is C37H43NO13. The van der Waals surface area contributed by atoms with Gasteiger partial charge in [0.1, 0.15) is 17.6 Å². The zero-order valence-corrected chi connectivity index (χ0v) is 29.6. The first kappa shape index (κ1) is 37.6. The first-order valence-corrected chi connectivity index (χ1v) is 16.7. The van der Waals surface area contributed by atoms with Crippen LogP contribution in [-0.2, 0) is 28.6 Å². The van der Waals surface area contributed by atoms with Crippen LogP contribution in [0.5, 0.6) is 11.5 Å². The van der Waals surface area contributed by atoms with Crippen molar-refractivity contribution in [1.82, 2.24) is 5.32 Å². The van der Waals surface area contributed by atoms with Crippen molar-refractivity contribution in [2.75, 3.05) is 7.11 Å². The van der Waals surface area contributed by atoms with E-state index in [1.165, 1.54) is 40.9 Å². The number of aliphatic hydroxyl groups is 2. The van der Waals surface area contributed by atoms with Crippen LogP contribution in [0.15, 0.2) is 35.8 Å². The molecule has 0 aromatic heterocycles. The Morgan fingerprint density at radius 1 is 0.961 bits per heavy atom. The topological polar surface area (TPSA) is 212 Å². The Kier molecular flexibility index (Phi) is 10.2. The first-order valence-electron chi connectivity index (χ1n) is 16.7. The van der Waals surface area contributed by atoms with Crippen LogP contribution in [0.1, 0.15) is 84.6 Å². The third kappa shape index (κ3) is 6.63. The number of ketones is 4. The van der Waals surface area contributed by atoms with Gasteiger partial charge in [0.15, 0.2) is 11.6 Å². The van der Waals surface area contributed by atoms with E-state index < -0.39 is 117 Å². The normalized spacial score (nSPS) is 34.2. The van der Waals surface area contributed by atoms with Crippen molar-refractivity contribution in [2.24, 2.45) is 29.6 Å². The number of aromatic hydroxyl groups is 1. The molecule has 0 saturated heterocycles. The fourth-order valence-corrected chi connectivity index (χ4v) is 7.27.